The Labute approximate surface area is 102 Å². The van der Waals surface area contributed by atoms with Gasteiger partial charge in [0, 0.05) is 18.8 Å². The molecule has 3 rings (SSSR count). The van der Waals surface area contributed by atoms with E-state index in [1.807, 2.05) is 35.8 Å². The molecular formula is C12H10N4S. The minimum absolute atomic E-state index is 0.728. The summed E-state index contributed by atoms with van der Waals surface area (Å²) in [5, 5.41) is 9.19. The molecule has 0 atom stereocenters. The Kier molecular flexibility index (Phi) is 2.67. The zero-order chi connectivity index (χ0) is 11.5. The molecule has 0 unspecified atom stereocenters. The molecule has 0 aliphatic rings. The largest absolute Gasteiger partial charge is 0.264 e. The lowest BCUT2D eigenvalue weighted by Gasteiger charge is -1.94. The maximum atomic E-state index is 4.46. The lowest BCUT2D eigenvalue weighted by Crippen LogP contribution is -1.91. The number of pyridine rings is 1. The highest BCUT2D eigenvalue weighted by atomic mass is 32.1. The summed E-state index contributed by atoms with van der Waals surface area (Å²) < 4.78 is 0. The third-order valence-corrected chi connectivity index (χ3v) is 3.23. The van der Waals surface area contributed by atoms with Gasteiger partial charge >= 0.3 is 0 Å². The Morgan fingerprint density at radius 2 is 2.24 bits per heavy atom. The first-order valence-corrected chi connectivity index (χ1v) is 6.14. The van der Waals surface area contributed by atoms with E-state index in [1.165, 1.54) is 0 Å². The van der Waals surface area contributed by atoms with Crippen LogP contribution >= 0.6 is 11.3 Å². The van der Waals surface area contributed by atoms with Gasteiger partial charge in [0.15, 0.2) is 5.82 Å². The Morgan fingerprint density at radius 1 is 1.24 bits per heavy atom. The molecule has 3 aromatic heterocycles. The average molecular weight is 242 g/mol. The molecule has 0 amide bonds. The number of H-pyrrole nitrogens is 1. The SMILES string of the molecule is c1cncc(Cc2nc(-c3cccs3)n[nH]2)c1. The van der Waals surface area contributed by atoms with E-state index in [9.17, 15) is 0 Å². The van der Waals surface area contributed by atoms with Crippen LogP contribution in [0.1, 0.15) is 11.4 Å². The minimum atomic E-state index is 0.728. The highest BCUT2D eigenvalue weighted by Crippen LogP contribution is 2.20. The summed E-state index contributed by atoms with van der Waals surface area (Å²) in [7, 11) is 0. The van der Waals surface area contributed by atoms with Crippen molar-refractivity contribution in [2.75, 3.05) is 0 Å². The van der Waals surface area contributed by atoms with Crippen molar-refractivity contribution in [2.24, 2.45) is 0 Å². The number of aromatic amines is 1. The van der Waals surface area contributed by atoms with E-state index in [2.05, 4.69) is 20.2 Å². The first-order chi connectivity index (χ1) is 8.42. The Morgan fingerprint density at radius 3 is 3.00 bits per heavy atom. The first kappa shape index (κ1) is 10.2. The summed E-state index contributed by atoms with van der Waals surface area (Å²) in [5.41, 5.74) is 1.13. The van der Waals surface area contributed by atoms with Crippen molar-refractivity contribution in [2.45, 2.75) is 6.42 Å². The van der Waals surface area contributed by atoms with Crippen molar-refractivity contribution >= 4 is 11.3 Å². The quantitative estimate of drug-likeness (QED) is 0.767. The van der Waals surface area contributed by atoms with Crippen LogP contribution in [-0.2, 0) is 6.42 Å². The predicted molar refractivity (Wildman–Crippen MR) is 66.7 cm³/mol. The summed E-state index contributed by atoms with van der Waals surface area (Å²) in [6.07, 6.45) is 4.33. The number of nitrogens with zero attached hydrogens (tertiary/aromatic N) is 3. The molecule has 0 saturated heterocycles. The number of hydrogen-bond donors (Lipinski definition) is 1. The smallest absolute Gasteiger partial charge is 0.191 e. The molecule has 3 heterocycles. The van der Waals surface area contributed by atoms with Crippen molar-refractivity contribution < 1.29 is 0 Å². The fraction of sp³-hybridized carbons (Fsp3) is 0.0833. The molecule has 3 aromatic rings. The van der Waals surface area contributed by atoms with Crippen LogP contribution in [0.4, 0.5) is 0 Å². The van der Waals surface area contributed by atoms with Crippen molar-refractivity contribution in [3.05, 3.63) is 53.4 Å². The van der Waals surface area contributed by atoms with Gasteiger partial charge in [0.25, 0.3) is 0 Å². The van der Waals surface area contributed by atoms with Crippen molar-refractivity contribution in [1.29, 1.82) is 0 Å². The number of rotatable bonds is 3. The molecule has 0 spiro atoms. The van der Waals surface area contributed by atoms with Gasteiger partial charge < -0.3 is 0 Å². The molecule has 4 nitrogen and oxygen atoms in total. The van der Waals surface area contributed by atoms with E-state index >= 15 is 0 Å². The maximum Gasteiger partial charge on any atom is 0.191 e. The lowest BCUT2D eigenvalue weighted by atomic mass is 10.2. The van der Waals surface area contributed by atoms with Crippen LogP contribution in [0.3, 0.4) is 0 Å². The molecule has 0 fully saturated rings. The van der Waals surface area contributed by atoms with Gasteiger partial charge in [-0.2, -0.15) is 5.10 Å². The van der Waals surface area contributed by atoms with Gasteiger partial charge in [-0.3, -0.25) is 10.1 Å². The number of nitrogens with one attached hydrogen (secondary N) is 1. The third kappa shape index (κ3) is 2.24. The standard InChI is InChI=1S/C12H10N4S/c1-3-9(8-13-5-1)7-11-14-12(16-15-11)10-4-2-6-17-10/h1-6,8H,7H2,(H,14,15,16). The second-order valence-corrected chi connectivity index (χ2v) is 4.57. The number of thiophene rings is 1. The predicted octanol–water partition coefficient (Wildman–Crippen LogP) is 2.52. The van der Waals surface area contributed by atoms with Crippen molar-refractivity contribution in [3.63, 3.8) is 0 Å². The van der Waals surface area contributed by atoms with E-state index in [0.717, 1.165) is 28.5 Å². The second kappa shape index (κ2) is 4.47. The second-order valence-electron chi connectivity index (χ2n) is 3.62. The molecule has 0 aliphatic heterocycles. The molecule has 0 aromatic carbocycles. The Hall–Kier alpha value is -2.01. The molecule has 0 bridgehead atoms. The zero-order valence-electron chi connectivity index (χ0n) is 9.00. The Balaban J connectivity index is 1.82. The number of aromatic nitrogens is 4. The van der Waals surface area contributed by atoms with Crippen LogP contribution < -0.4 is 0 Å². The van der Waals surface area contributed by atoms with Gasteiger partial charge in [-0.05, 0) is 23.1 Å². The maximum absolute atomic E-state index is 4.46. The molecular weight excluding hydrogens is 232 g/mol. The molecule has 0 saturated carbocycles. The van der Waals surface area contributed by atoms with Gasteiger partial charge in [0.1, 0.15) is 5.82 Å². The van der Waals surface area contributed by atoms with E-state index < -0.39 is 0 Å². The summed E-state index contributed by atoms with van der Waals surface area (Å²) in [5.74, 6) is 1.63. The van der Waals surface area contributed by atoms with Crippen LogP contribution in [0.2, 0.25) is 0 Å². The summed E-state index contributed by atoms with van der Waals surface area (Å²) in [4.78, 5) is 9.62. The topological polar surface area (TPSA) is 54.5 Å². The Bertz CT molecular complexity index is 586. The van der Waals surface area contributed by atoms with E-state index in [4.69, 9.17) is 0 Å². The van der Waals surface area contributed by atoms with Gasteiger partial charge in [-0.15, -0.1) is 11.3 Å². The van der Waals surface area contributed by atoms with E-state index in [0.29, 0.717) is 0 Å². The van der Waals surface area contributed by atoms with Crippen molar-refractivity contribution in [1.82, 2.24) is 20.2 Å². The van der Waals surface area contributed by atoms with Gasteiger partial charge in [-0.1, -0.05) is 12.1 Å². The van der Waals surface area contributed by atoms with E-state index in [-0.39, 0.29) is 0 Å². The van der Waals surface area contributed by atoms with Crippen molar-refractivity contribution in [3.8, 4) is 10.7 Å². The minimum Gasteiger partial charge on any atom is -0.264 e. The molecule has 0 aliphatic carbocycles. The van der Waals surface area contributed by atoms with Crippen LogP contribution in [0.25, 0.3) is 10.7 Å². The molecule has 1 N–H and O–H groups in total. The van der Waals surface area contributed by atoms with Gasteiger partial charge in [0.05, 0.1) is 4.88 Å². The summed E-state index contributed by atoms with van der Waals surface area (Å²) in [6, 6.07) is 7.96. The average Bonchev–Trinajstić information content (AvgIpc) is 3.00. The van der Waals surface area contributed by atoms with E-state index in [1.54, 1.807) is 17.5 Å². The molecule has 5 heteroatoms. The molecule has 0 radical (unpaired) electrons. The number of hydrogen-bond acceptors (Lipinski definition) is 4. The van der Waals surface area contributed by atoms with Crippen LogP contribution in [0.5, 0.6) is 0 Å². The zero-order valence-corrected chi connectivity index (χ0v) is 9.81. The fourth-order valence-corrected chi connectivity index (χ4v) is 2.24. The lowest BCUT2D eigenvalue weighted by molar-refractivity contribution is 0.966. The molecule has 17 heavy (non-hydrogen) atoms. The van der Waals surface area contributed by atoms with Gasteiger partial charge in [0.2, 0.25) is 0 Å². The van der Waals surface area contributed by atoms with Crippen LogP contribution in [0.15, 0.2) is 42.0 Å². The third-order valence-electron chi connectivity index (χ3n) is 2.37. The highest BCUT2D eigenvalue weighted by molar-refractivity contribution is 7.13. The highest BCUT2D eigenvalue weighted by Gasteiger charge is 2.06. The van der Waals surface area contributed by atoms with Gasteiger partial charge in [-0.25, -0.2) is 4.98 Å². The monoisotopic (exact) mass is 242 g/mol. The summed E-state index contributed by atoms with van der Waals surface area (Å²) in [6.45, 7) is 0. The molecule has 84 valence electrons. The van der Waals surface area contributed by atoms with Crippen LogP contribution in [-0.4, -0.2) is 20.2 Å². The van der Waals surface area contributed by atoms with Crippen LogP contribution in [0, 0.1) is 0 Å². The fourth-order valence-electron chi connectivity index (χ4n) is 1.59. The first-order valence-electron chi connectivity index (χ1n) is 5.26. The normalized spacial score (nSPS) is 10.6. The summed E-state index contributed by atoms with van der Waals surface area (Å²) >= 11 is 1.64.